The van der Waals surface area contributed by atoms with Crippen molar-refractivity contribution in [2.45, 2.75) is 18.9 Å². The molecular formula is C14H17ClFN3O2. The van der Waals surface area contributed by atoms with Gasteiger partial charge in [0, 0.05) is 20.6 Å². The maximum Gasteiger partial charge on any atom is 0.322 e. The van der Waals surface area contributed by atoms with Crippen molar-refractivity contribution in [2.75, 3.05) is 26.0 Å². The Labute approximate surface area is 127 Å². The number of halogens is 2. The fourth-order valence-electron chi connectivity index (χ4n) is 2.34. The molecule has 1 N–H and O–H groups in total. The Morgan fingerprint density at radius 2 is 2.14 bits per heavy atom. The highest BCUT2D eigenvalue weighted by molar-refractivity contribution is 6.33. The van der Waals surface area contributed by atoms with Crippen LogP contribution < -0.4 is 5.32 Å². The van der Waals surface area contributed by atoms with Gasteiger partial charge in [-0.2, -0.15) is 0 Å². The molecule has 0 aromatic heterocycles. The molecule has 2 rings (SSSR count). The molecule has 0 radical (unpaired) electrons. The highest BCUT2D eigenvalue weighted by Gasteiger charge is 2.35. The van der Waals surface area contributed by atoms with Crippen LogP contribution >= 0.6 is 11.6 Å². The van der Waals surface area contributed by atoms with Gasteiger partial charge >= 0.3 is 6.03 Å². The summed E-state index contributed by atoms with van der Waals surface area (Å²) in [6.45, 7) is 0.509. The Morgan fingerprint density at radius 3 is 2.76 bits per heavy atom. The Balaban J connectivity index is 2.10. The molecule has 3 amide bonds. The lowest BCUT2D eigenvalue weighted by Crippen LogP contribution is -2.47. The number of nitrogens with zero attached hydrogens (tertiary/aromatic N) is 2. The topological polar surface area (TPSA) is 52.7 Å². The van der Waals surface area contributed by atoms with E-state index in [9.17, 15) is 14.0 Å². The molecule has 1 heterocycles. The third-order valence-corrected chi connectivity index (χ3v) is 3.72. The van der Waals surface area contributed by atoms with Crippen LogP contribution in [0.15, 0.2) is 18.2 Å². The molecule has 0 bridgehead atoms. The summed E-state index contributed by atoms with van der Waals surface area (Å²) in [7, 11) is 3.32. The number of anilines is 1. The molecule has 5 nitrogen and oxygen atoms in total. The fourth-order valence-corrected chi connectivity index (χ4v) is 2.56. The lowest BCUT2D eigenvalue weighted by Gasteiger charge is -2.26. The van der Waals surface area contributed by atoms with E-state index >= 15 is 0 Å². The van der Waals surface area contributed by atoms with Crippen LogP contribution in [-0.4, -0.2) is 48.4 Å². The van der Waals surface area contributed by atoms with Crippen LogP contribution in [-0.2, 0) is 4.79 Å². The van der Waals surface area contributed by atoms with Crippen molar-refractivity contribution >= 4 is 29.2 Å². The number of amides is 3. The van der Waals surface area contributed by atoms with Crippen molar-refractivity contribution in [3.05, 3.63) is 29.0 Å². The summed E-state index contributed by atoms with van der Waals surface area (Å²) in [5.74, 6) is -0.576. The number of carbonyl (C=O) groups excluding carboxylic acids is 2. The van der Waals surface area contributed by atoms with Gasteiger partial charge in [-0.15, -0.1) is 0 Å². The molecule has 0 aliphatic carbocycles. The summed E-state index contributed by atoms with van der Waals surface area (Å²) >= 11 is 5.88. The second kappa shape index (κ2) is 6.30. The lowest BCUT2D eigenvalue weighted by molar-refractivity contribution is -0.132. The largest absolute Gasteiger partial charge is 0.347 e. The van der Waals surface area contributed by atoms with E-state index in [1.54, 1.807) is 14.1 Å². The molecule has 0 spiro atoms. The number of nitrogens with one attached hydrogen (secondary N) is 1. The van der Waals surface area contributed by atoms with Crippen molar-refractivity contribution in [2.24, 2.45) is 0 Å². The quantitative estimate of drug-likeness (QED) is 0.912. The zero-order valence-electron chi connectivity index (χ0n) is 11.9. The highest BCUT2D eigenvalue weighted by atomic mass is 35.5. The standard InChI is InChI=1S/C14H17ClFN3O2/c1-18(2)13(20)12-4-3-7-19(12)14(21)17-11-6-5-9(16)8-10(11)15/h5-6,8,12H,3-4,7H2,1-2H3,(H,17,21). The average molecular weight is 314 g/mol. The zero-order valence-corrected chi connectivity index (χ0v) is 12.7. The Morgan fingerprint density at radius 1 is 1.43 bits per heavy atom. The van der Waals surface area contributed by atoms with Crippen molar-refractivity contribution < 1.29 is 14.0 Å². The molecular weight excluding hydrogens is 297 g/mol. The normalized spacial score (nSPS) is 17.7. The van der Waals surface area contributed by atoms with E-state index in [1.807, 2.05) is 0 Å². The maximum atomic E-state index is 13.0. The van der Waals surface area contributed by atoms with Crippen molar-refractivity contribution in [3.8, 4) is 0 Å². The molecule has 1 aromatic rings. The van der Waals surface area contributed by atoms with Crippen LogP contribution in [0.2, 0.25) is 5.02 Å². The number of urea groups is 1. The lowest BCUT2D eigenvalue weighted by atomic mass is 10.2. The van der Waals surface area contributed by atoms with Crippen LogP contribution in [0.5, 0.6) is 0 Å². The minimum atomic E-state index is -0.472. The maximum absolute atomic E-state index is 13.0. The first-order valence-corrected chi connectivity index (χ1v) is 7.02. The van der Waals surface area contributed by atoms with Crippen LogP contribution in [0.25, 0.3) is 0 Å². The summed E-state index contributed by atoms with van der Waals surface area (Å²) < 4.78 is 13.0. The summed E-state index contributed by atoms with van der Waals surface area (Å²) in [5.41, 5.74) is 0.325. The summed E-state index contributed by atoms with van der Waals surface area (Å²) in [6, 6.07) is 2.88. The van der Waals surface area contributed by atoms with Gasteiger partial charge in [0.1, 0.15) is 11.9 Å². The molecule has 1 aromatic carbocycles. The van der Waals surface area contributed by atoms with Crippen LogP contribution in [0, 0.1) is 5.82 Å². The third kappa shape index (κ3) is 3.44. The predicted octanol–water partition coefficient (Wildman–Crippen LogP) is 2.56. The monoisotopic (exact) mass is 313 g/mol. The van der Waals surface area contributed by atoms with Gasteiger partial charge in [0.2, 0.25) is 5.91 Å². The number of likely N-dealkylation sites (N-methyl/N-ethyl adjacent to an activating group) is 1. The fraction of sp³-hybridized carbons (Fsp3) is 0.429. The predicted molar refractivity (Wildman–Crippen MR) is 78.9 cm³/mol. The second-order valence-electron chi connectivity index (χ2n) is 5.14. The molecule has 1 unspecified atom stereocenters. The number of likely N-dealkylation sites (tertiary alicyclic amines) is 1. The van der Waals surface area contributed by atoms with Crippen molar-refractivity contribution in [1.29, 1.82) is 0 Å². The van der Waals surface area contributed by atoms with E-state index in [0.717, 1.165) is 12.5 Å². The van der Waals surface area contributed by atoms with Crippen LogP contribution in [0.4, 0.5) is 14.9 Å². The molecule has 1 fully saturated rings. The van der Waals surface area contributed by atoms with Crippen LogP contribution in [0.3, 0.4) is 0 Å². The van der Waals surface area contributed by atoms with Gasteiger partial charge in [0.15, 0.2) is 0 Å². The van der Waals surface area contributed by atoms with Crippen molar-refractivity contribution in [1.82, 2.24) is 9.80 Å². The van der Waals surface area contributed by atoms with Gasteiger partial charge in [-0.1, -0.05) is 11.6 Å². The number of benzene rings is 1. The zero-order chi connectivity index (χ0) is 15.6. The Hall–Kier alpha value is -1.82. The van der Waals surface area contributed by atoms with Crippen LogP contribution in [0.1, 0.15) is 12.8 Å². The SMILES string of the molecule is CN(C)C(=O)C1CCCN1C(=O)Nc1ccc(F)cc1Cl. The first kappa shape index (κ1) is 15.6. The van der Waals surface area contributed by atoms with Gasteiger partial charge in [0.25, 0.3) is 0 Å². The van der Waals surface area contributed by atoms with Gasteiger partial charge < -0.3 is 15.1 Å². The Kier molecular flexibility index (Phi) is 4.67. The number of carbonyl (C=O) groups is 2. The smallest absolute Gasteiger partial charge is 0.322 e. The van der Waals surface area contributed by atoms with Gasteiger partial charge in [-0.25, -0.2) is 9.18 Å². The molecule has 0 saturated carbocycles. The minimum Gasteiger partial charge on any atom is -0.347 e. The summed E-state index contributed by atoms with van der Waals surface area (Å²) in [5, 5.41) is 2.74. The molecule has 7 heteroatoms. The van der Waals surface area contributed by atoms with E-state index in [0.29, 0.717) is 18.7 Å². The van der Waals surface area contributed by atoms with Gasteiger partial charge in [-0.3, -0.25) is 4.79 Å². The third-order valence-electron chi connectivity index (χ3n) is 3.41. The molecule has 1 saturated heterocycles. The highest BCUT2D eigenvalue weighted by Crippen LogP contribution is 2.25. The molecule has 21 heavy (non-hydrogen) atoms. The first-order valence-electron chi connectivity index (χ1n) is 6.64. The molecule has 1 aliphatic rings. The average Bonchev–Trinajstić information content (AvgIpc) is 2.90. The minimum absolute atomic E-state index is 0.104. The summed E-state index contributed by atoms with van der Waals surface area (Å²) in [6.07, 6.45) is 1.41. The molecule has 1 aliphatic heterocycles. The van der Waals surface area contributed by atoms with E-state index in [4.69, 9.17) is 11.6 Å². The first-order chi connectivity index (χ1) is 9.90. The van der Waals surface area contributed by atoms with E-state index in [1.165, 1.54) is 21.9 Å². The van der Waals surface area contributed by atoms with E-state index in [-0.39, 0.29) is 10.9 Å². The number of rotatable bonds is 2. The molecule has 1 atom stereocenters. The van der Waals surface area contributed by atoms with E-state index < -0.39 is 17.9 Å². The number of hydrogen-bond acceptors (Lipinski definition) is 2. The second-order valence-corrected chi connectivity index (χ2v) is 5.55. The number of hydrogen-bond donors (Lipinski definition) is 1. The Bertz CT molecular complexity index is 565. The summed E-state index contributed by atoms with van der Waals surface area (Å²) in [4.78, 5) is 27.3. The van der Waals surface area contributed by atoms with E-state index in [2.05, 4.69) is 5.32 Å². The van der Waals surface area contributed by atoms with Gasteiger partial charge in [-0.05, 0) is 31.0 Å². The van der Waals surface area contributed by atoms with Gasteiger partial charge in [0.05, 0.1) is 10.7 Å². The molecule has 114 valence electrons. The van der Waals surface area contributed by atoms with Crippen molar-refractivity contribution in [3.63, 3.8) is 0 Å².